The van der Waals surface area contributed by atoms with Crippen LogP contribution in [0.15, 0.2) is 0 Å². The smallest absolute Gasteiger partial charge is 0.320 e. The first kappa shape index (κ1) is 14.9. The van der Waals surface area contributed by atoms with Gasteiger partial charge in [-0.2, -0.15) is 0 Å². The Bertz CT molecular complexity index is 219. The Kier molecular flexibility index (Phi) is 8.52. The Balaban J connectivity index is 3.59. The van der Waals surface area contributed by atoms with Gasteiger partial charge in [-0.15, -0.1) is 0 Å². The lowest BCUT2D eigenvalue weighted by Crippen LogP contribution is -2.35. The second-order valence-corrected chi connectivity index (χ2v) is 3.78. The number of carbonyl (C=O) groups excluding carboxylic acids is 1. The van der Waals surface area contributed by atoms with Crippen molar-refractivity contribution in [1.29, 1.82) is 0 Å². The topological polar surface area (TPSA) is 78.4 Å². The zero-order chi connectivity index (χ0) is 12.4. The van der Waals surface area contributed by atoms with E-state index >= 15 is 0 Å². The SMILES string of the molecule is CCCCCNC(=O)CCC(NC)C(=O)O. The van der Waals surface area contributed by atoms with Crippen LogP contribution in [0.1, 0.15) is 39.0 Å². The zero-order valence-electron chi connectivity index (χ0n) is 10.1. The summed E-state index contributed by atoms with van der Waals surface area (Å²) in [6.07, 6.45) is 3.79. The largest absolute Gasteiger partial charge is 0.480 e. The highest BCUT2D eigenvalue weighted by molar-refractivity contribution is 5.78. The molecule has 0 aromatic carbocycles. The van der Waals surface area contributed by atoms with E-state index in [0.717, 1.165) is 19.3 Å². The van der Waals surface area contributed by atoms with E-state index in [0.29, 0.717) is 13.0 Å². The number of carboxylic acid groups (broad SMARTS) is 1. The van der Waals surface area contributed by atoms with Gasteiger partial charge in [-0.05, 0) is 19.9 Å². The third-order valence-electron chi connectivity index (χ3n) is 2.41. The molecular weight excluding hydrogens is 208 g/mol. The molecule has 0 saturated carbocycles. The van der Waals surface area contributed by atoms with Crippen LogP contribution in [0, 0.1) is 0 Å². The van der Waals surface area contributed by atoms with Crippen LogP contribution < -0.4 is 10.6 Å². The van der Waals surface area contributed by atoms with Gasteiger partial charge in [0.2, 0.25) is 5.91 Å². The molecule has 3 N–H and O–H groups in total. The van der Waals surface area contributed by atoms with Gasteiger partial charge < -0.3 is 15.7 Å². The van der Waals surface area contributed by atoms with E-state index in [2.05, 4.69) is 17.6 Å². The number of hydrogen-bond donors (Lipinski definition) is 3. The first-order valence-electron chi connectivity index (χ1n) is 5.78. The summed E-state index contributed by atoms with van der Waals surface area (Å²) in [5, 5.41) is 14.2. The summed E-state index contributed by atoms with van der Waals surface area (Å²) in [5.41, 5.74) is 0. The number of nitrogens with one attached hydrogen (secondary N) is 2. The lowest BCUT2D eigenvalue weighted by Gasteiger charge is -2.10. The van der Waals surface area contributed by atoms with E-state index in [1.54, 1.807) is 7.05 Å². The summed E-state index contributed by atoms with van der Waals surface area (Å²) in [6, 6.07) is -0.638. The molecule has 0 aliphatic rings. The molecule has 0 aromatic rings. The predicted octanol–water partition coefficient (Wildman–Crippen LogP) is 0.746. The minimum atomic E-state index is -0.915. The van der Waals surface area contributed by atoms with Gasteiger partial charge in [-0.1, -0.05) is 19.8 Å². The van der Waals surface area contributed by atoms with Crippen molar-refractivity contribution in [2.45, 2.75) is 45.1 Å². The molecule has 1 amide bonds. The second kappa shape index (κ2) is 9.15. The van der Waals surface area contributed by atoms with Crippen molar-refractivity contribution >= 4 is 11.9 Å². The number of likely N-dealkylation sites (N-methyl/N-ethyl adjacent to an activating group) is 1. The molecule has 0 aliphatic carbocycles. The molecule has 0 radical (unpaired) electrons. The maximum Gasteiger partial charge on any atom is 0.320 e. The number of carbonyl (C=O) groups is 2. The van der Waals surface area contributed by atoms with Gasteiger partial charge in [0, 0.05) is 13.0 Å². The molecule has 0 heterocycles. The average Bonchev–Trinajstić information content (AvgIpc) is 2.25. The molecule has 0 bridgehead atoms. The maximum absolute atomic E-state index is 11.3. The molecule has 16 heavy (non-hydrogen) atoms. The Morgan fingerprint density at radius 1 is 1.31 bits per heavy atom. The number of amides is 1. The number of rotatable bonds is 9. The first-order chi connectivity index (χ1) is 7.61. The second-order valence-electron chi connectivity index (χ2n) is 3.78. The van der Waals surface area contributed by atoms with Crippen molar-refractivity contribution in [2.75, 3.05) is 13.6 Å². The van der Waals surface area contributed by atoms with E-state index in [9.17, 15) is 9.59 Å². The van der Waals surface area contributed by atoms with E-state index < -0.39 is 12.0 Å². The van der Waals surface area contributed by atoms with Crippen molar-refractivity contribution < 1.29 is 14.7 Å². The van der Waals surface area contributed by atoms with Crippen LogP contribution in [0.5, 0.6) is 0 Å². The van der Waals surface area contributed by atoms with E-state index in [1.165, 1.54) is 0 Å². The number of carboxylic acids is 1. The van der Waals surface area contributed by atoms with Crippen molar-refractivity contribution in [3.63, 3.8) is 0 Å². The van der Waals surface area contributed by atoms with Gasteiger partial charge in [0.05, 0.1) is 0 Å². The number of aliphatic carboxylic acids is 1. The molecule has 0 aliphatic heterocycles. The Morgan fingerprint density at radius 3 is 2.50 bits per heavy atom. The molecule has 1 unspecified atom stereocenters. The summed E-state index contributed by atoms with van der Waals surface area (Å²) in [4.78, 5) is 22.0. The predicted molar refractivity (Wildman–Crippen MR) is 62.3 cm³/mol. The summed E-state index contributed by atoms with van der Waals surface area (Å²) in [5.74, 6) is -0.987. The van der Waals surface area contributed by atoms with Crippen LogP contribution >= 0.6 is 0 Å². The number of hydrogen-bond acceptors (Lipinski definition) is 3. The average molecular weight is 230 g/mol. The van der Waals surface area contributed by atoms with Gasteiger partial charge in [0.1, 0.15) is 6.04 Å². The van der Waals surface area contributed by atoms with Crippen molar-refractivity contribution in [1.82, 2.24) is 10.6 Å². The number of unbranched alkanes of at least 4 members (excludes halogenated alkanes) is 2. The monoisotopic (exact) mass is 230 g/mol. The molecule has 5 nitrogen and oxygen atoms in total. The standard InChI is InChI=1S/C11H22N2O3/c1-3-4-5-8-13-10(14)7-6-9(12-2)11(15)16/h9,12H,3-8H2,1-2H3,(H,13,14)(H,15,16). The molecule has 94 valence electrons. The van der Waals surface area contributed by atoms with Crippen LogP contribution in [0.4, 0.5) is 0 Å². The molecule has 0 rings (SSSR count). The molecule has 0 fully saturated rings. The molecule has 0 aromatic heterocycles. The van der Waals surface area contributed by atoms with Crippen molar-refractivity contribution in [3.05, 3.63) is 0 Å². The van der Waals surface area contributed by atoms with Crippen molar-refractivity contribution in [3.8, 4) is 0 Å². The summed E-state index contributed by atoms with van der Waals surface area (Å²) >= 11 is 0. The minimum Gasteiger partial charge on any atom is -0.480 e. The third-order valence-corrected chi connectivity index (χ3v) is 2.41. The normalized spacial score (nSPS) is 12.1. The van der Waals surface area contributed by atoms with Crippen LogP contribution in [0.2, 0.25) is 0 Å². The van der Waals surface area contributed by atoms with Crippen molar-refractivity contribution in [2.24, 2.45) is 0 Å². The highest BCUT2D eigenvalue weighted by Crippen LogP contribution is 1.98. The van der Waals surface area contributed by atoms with Crippen LogP contribution in [0.3, 0.4) is 0 Å². The third kappa shape index (κ3) is 7.23. The zero-order valence-corrected chi connectivity index (χ0v) is 10.1. The van der Waals surface area contributed by atoms with Gasteiger partial charge >= 0.3 is 5.97 Å². The molecule has 1 atom stereocenters. The Hall–Kier alpha value is -1.10. The van der Waals surface area contributed by atoms with Gasteiger partial charge in [-0.3, -0.25) is 9.59 Å². The highest BCUT2D eigenvalue weighted by Gasteiger charge is 2.15. The fraction of sp³-hybridized carbons (Fsp3) is 0.818. The maximum atomic E-state index is 11.3. The fourth-order valence-corrected chi connectivity index (χ4v) is 1.36. The quantitative estimate of drug-likeness (QED) is 0.511. The Labute approximate surface area is 96.6 Å². The Morgan fingerprint density at radius 2 is 2.00 bits per heavy atom. The van der Waals surface area contributed by atoms with Crippen LogP contribution in [0.25, 0.3) is 0 Å². The van der Waals surface area contributed by atoms with Gasteiger partial charge in [0.15, 0.2) is 0 Å². The summed E-state index contributed by atoms with van der Waals surface area (Å²) in [6.45, 7) is 2.79. The molecule has 5 heteroatoms. The fourth-order valence-electron chi connectivity index (χ4n) is 1.36. The molecule has 0 saturated heterocycles. The lowest BCUT2D eigenvalue weighted by atomic mass is 10.1. The van der Waals surface area contributed by atoms with Crippen LogP contribution in [-0.4, -0.2) is 36.6 Å². The van der Waals surface area contributed by atoms with Gasteiger partial charge in [-0.25, -0.2) is 0 Å². The highest BCUT2D eigenvalue weighted by atomic mass is 16.4. The summed E-state index contributed by atoms with van der Waals surface area (Å²) < 4.78 is 0. The molecule has 0 spiro atoms. The van der Waals surface area contributed by atoms with E-state index in [1.807, 2.05) is 0 Å². The minimum absolute atomic E-state index is 0.0717. The van der Waals surface area contributed by atoms with Crippen LogP contribution in [-0.2, 0) is 9.59 Å². The van der Waals surface area contributed by atoms with E-state index in [4.69, 9.17) is 5.11 Å². The lowest BCUT2D eigenvalue weighted by molar-refractivity contribution is -0.139. The first-order valence-corrected chi connectivity index (χ1v) is 5.78. The molecular formula is C11H22N2O3. The van der Waals surface area contributed by atoms with Gasteiger partial charge in [0.25, 0.3) is 0 Å². The summed E-state index contributed by atoms with van der Waals surface area (Å²) in [7, 11) is 1.58. The van der Waals surface area contributed by atoms with E-state index in [-0.39, 0.29) is 12.3 Å².